The SMILES string of the molecule is CCCC[NH+]=C1c2cc3c(cc2C(C)(C)c2cc4c(cc21)C(C)CC(C)(C)N4CCCC(=O)OCC)N(CC)C(C)(C)C=C3C.O=S(=O)=O. The minimum atomic E-state index is -3.11. The summed E-state index contributed by atoms with van der Waals surface area (Å²) >= 11 is 0. The molecule has 2 aliphatic heterocycles. The molecule has 2 heterocycles. The number of ether oxygens (including phenoxy) is 1. The first kappa shape index (κ1) is 38.3. The van der Waals surface area contributed by atoms with Crippen LogP contribution in [0.15, 0.2) is 30.3 Å². The molecule has 1 unspecified atom stereocenters. The van der Waals surface area contributed by atoms with Crippen molar-refractivity contribution in [3.05, 3.63) is 63.7 Å². The molecule has 3 aliphatic rings. The highest BCUT2D eigenvalue weighted by Gasteiger charge is 2.44. The van der Waals surface area contributed by atoms with Gasteiger partial charge < -0.3 is 14.5 Å². The summed E-state index contributed by atoms with van der Waals surface area (Å²) < 4.78 is 30.6. The summed E-state index contributed by atoms with van der Waals surface area (Å²) in [6.45, 7) is 28.5. The molecular formula is C40H58N3O5S+. The van der Waals surface area contributed by atoms with Crippen LogP contribution in [-0.2, 0) is 25.6 Å². The van der Waals surface area contributed by atoms with Crippen LogP contribution in [0.1, 0.15) is 148 Å². The van der Waals surface area contributed by atoms with Crippen molar-refractivity contribution in [3.63, 3.8) is 0 Å². The predicted molar refractivity (Wildman–Crippen MR) is 200 cm³/mol. The number of hydrogen-bond acceptors (Lipinski definition) is 7. The number of allylic oxidation sites excluding steroid dienone is 1. The number of fused-ring (bicyclic) bond motifs is 4. The predicted octanol–water partition coefficient (Wildman–Crippen LogP) is 6.50. The van der Waals surface area contributed by atoms with Gasteiger partial charge in [-0.2, -0.15) is 0 Å². The second-order valence-electron chi connectivity index (χ2n) is 15.6. The van der Waals surface area contributed by atoms with Crippen molar-refractivity contribution in [2.75, 3.05) is 36.0 Å². The molecule has 2 aromatic rings. The third kappa shape index (κ3) is 7.67. The summed E-state index contributed by atoms with van der Waals surface area (Å²) in [6, 6.07) is 10.0. The average molecular weight is 693 g/mol. The zero-order valence-corrected chi connectivity index (χ0v) is 32.5. The minimum absolute atomic E-state index is 0.00586. The van der Waals surface area contributed by atoms with Crippen molar-refractivity contribution in [3.8, 4) is 0 Å². The molecule has 1 aliphatic carbocycles. The summed E-state index contributed by atoms with van der Waals surface area (Å²) in [7, 11) is -3.11. The number of carbonyl (C=O) groups excluding carboxylic acids is 1. The van der Waals surface area contributed by atoms with Crippen molar-refractivity contribution >= 4 is 39.2 Å². The number of benzene rings is 2. The first-order valence-electron chi connectivity index (χ1n) is 18.1. The highest BCUT2D eigenvalue weighted by atomic mass is 32.2. The van der Waals surface area contributed by atoms with Gasteiger partial charge in [0.05, 0.1) is 23.3 Å². The van der Waals surface area contributed by atoms with Crippen LogP contribution in [0.4, 0.5) is 11.4 Å². The van der Waals surface area contributed by atoms with E-state index in [1.54, 1.807) is 0 Å². The molecule has 0 spiro atoms. The average Bonchev–Trinajstić information content (AvgIpc) is 2.99. The lowest BCUT2D eigenvalue weighted by atomic mass is 9.65. The van der Waals surface area contributed by atoms with Gasteiger partial charge in [-0.3, -0.25) is 4.79 Å². The maximum Gasteiger partial charge on any atom is 0.425 e. The molecule has 0 bridgehead atoms. The first-order valence-corrected chi connectivity index (χ1v) is 19.1. The lowest BCUT2D eigenvalue weighted by molar-refractivity contribution is -0.456. The highest BCUT2D eigenvalue weighted by Crippen LogP contribution is 2.51. The van der Waals surface area contributed by atoms with Crippen LogP contribution in [0, 0.1) is 0 Å². The number of rotatable bonds is 9. The van der Waals surface area contributed by atoms with Gasteiger partial charge in [-0.25, -0.2) is 4.99 Å². The molecule has 0 saturated carbocycles. The zero-order chi connectivity index (χ0) is 36.5. The van der Waals surface area contributed by atoms with Crippen LogP contribution in [-0.4, -0.2) is 61.6 Å². The Morgan fingerprint density at radius 2 is 1.51 bits per heavy atom. The van der Waals surface area contributed by atoms with Crippen LogP contribution in [0.3, 0.4) is 0 Å². The zero-order valence-electron chi connectivity index (χ0n) is 31.7. The van der Waals surface area contributed by atoms with Crippen molar-refractivity contribution in [1.82, 2.24) is 0 Å². The molecule has 0 saturated heterocycles. The molecular weight excluding hydrogens is 635 g/mol. The Morgan fingerprint density at radius 1 is 0.898 bits per heavy atom. The van der Waals surface area contributed by atoms with Gasteiger partial charge in [0.25, 0.3) is 0 Å². The van der Waals surface area contributed by atoms with Crippen LogP contribution in [0.2, 0.25) is 0 Å². The van der Waals surface area contributed by atoms with Gasteiger partial charge in [0.2, 0.25) is 5.71 Å². The van der Waals surface area contributed by atoms with Crippen molar-refractivity contribution < 1.29 is 27.2 Å². The van der Waals surface area contributed by atoms with E-state index in [9.17, 15) is 4.79 Å². The van der Waals surface area contributed by atoms with Crippen molar-refractivity contribution in [2.45, 2.75) is 131 Å². The van der Waals surface area contributed by atoms with E-state index in [-0.39, 0.29) is 22.5 Å². The molecule has 0 fully saturated rings. The minimum Gasteiger partial charge on any atom is -0.466 e. The third-order valence-electron chi connectivity index (χ3n) is 10.7. The summed E-state index contributed by atoms with van der Waals surface area (Å²) in [5.41, 5.74) is 13.3. The Hall–Kier alpha value is -3.46. The van der Waals surface area contributed by atoms with Crippen molar-refractivity contribution in [1.29, 1.82) is 0 Å². The topological polar surface area (TPSA) is 98.0 Å². The fourth-order valence-corrected chi connectivity index (χ4v) is 8.59. The normalized spacial score (nSPS) is 20.2. The Kier molecular flexibility index (Phi) is 11.6. The van der Waals surface area contributed by atoms with Crippen LogP contribution < -0.4 is 14.8 Å². The molecule has 0 aromatic heterocycles. The van der Waals surface area contributed by atoms with E-state index in [1.807, 2.05) is 6.92 Å². The maximum atomic E-state index is 12.2. The van der Waals surface area contributed by atoms with E-state index in [1.165, 1.54) is 56.0 Å². The first-order chi connectivity index (χ1) is 22.9. The second kappa shape index (κ2) is 14.8. The van der Waals surface area contributed by atoms with Gasteiger partial charge in [-0.15, -0.1) is 12.6 Å². The molecule has 0 radical (unpaired) electrons. The fourth-order valence-electron chi connectivity index (χ4n) is 8.59. The number of carbonyl (C=O) groups is 1. The Labute approximate surface area is 296 Å². The largest absolute Gasteiger partial charge is 0.466 e. The molecule has 2 aromatic carbocycles. The van der Waals surface area contributed by atoms with E-state index in [0.29, 0.717) is 18.9 Å². The molecule has 0 amide bonds. The lowest BCUT2D eigenvalue weighted by Gasteiger charge is -2.49. The third-order valence-corrected chi connectivity index (χ3v) is 10.7. The summed E-state index contributed by atoms with van der Waals surface area (Å²) in [5, 5.41) is 0. The smallest absolute Gasteiger partial charge is 0.425 e. The van der Waals surface area contributed by atoms with Gasteiger partial charge in [0.15, 0.2) is 0 Å². The van der Waals surface area contributed by atoms with Gasteiger partial charge in [0, 0.05) is 53.8 Å². The number of hydrogen-bond donors (Lipinski definition) is 1. The Bertz CT molecular complexity index is 1750. The molecule has 5 rings (SSSR count). The molecule has 9 heteroatoms. The monoisotopic (exact) mass is 692 g/mol. The van der Waals surface area contributed by atoms with Gasteiger partial charge in [-0.1, -0.05) is 40.2 Å². The standard InChI is InChI=1S/C40H57N3O2.O3S/c1-12-15-18-41-37-30-20-28-26(4)24-38(6,7)42(13-2)34(28)22-32(30)40(10,11)33-23-35-29(21-31(33)37)27(5)25-39(8,9)43(35)19-16-17-36(44)45-14-3;1-4(2)3/h20-24,27H,12-19,25H2,1-11H3;/p+1. The maximum absolute atomic E-state index is 12.2. The van der Waals surface area contributed by atoms with Crippen molar-refractivity contribution in [2.24, 2.45) is 0 Å². The van der Waals surface area contributed by atoms with Gasteiger partial charge in [-0.05, 0) is 114 Å². The number of esters is 1. The summed E-state index contributed by atoms with van der Waals surface area (Å²) in [4.78, 5) is 21.3. The summed E-state index contributed by atoms with van der Waals surface area (Å²) in [6.07, 6.45) is 7.07. The van der Waals surface area contributed by atoms with E-state index in [2.05, 4.69) is 114 Å². The van der Waals surface area contributed by atoms with Crippen LogP contribution in [0.25, 0.3) is 5.57 Å². The molecule has 1 N–H and O–H groups in total. The van der Waals surface area contributed by atoms with E-state index < -0.39 is 10.6 Å². The lowest BCUT2D eigenvalue weighted by Crippen LogP contribution is -2.74. The molecule has 1 atom stereocenters. The van der Waals surface area contributed by atoms with E-state index in [0.717, 1.165) is 45.3 Å². The number of anilines is 2. The number of nitrogens with one attached hydrogen (secondary N) is 1. The quantitative estimate of drug-likeness (QED) is 0.237. The number of likely N-dealkylation sites (N-methyl/N-ethyl adjacent to an activating group) is 1. The Balaban J connectivity index is 0.00000128. The Morgan fingerprint density at radius 3 is 2.10 bits per heavy atom. The van der Waals surface area contributed by atoms with E-state index >= 15 is 0 Å². The highest BCUT2D eigenvalue weighted by molar-refractivity contribution is 7.59. The second-order valence-corrected chi connectivity index (χ2v) is 16.0. The van der Waals surface area contributed by atoms with Crippen LogP contribution in [0.5, 0.6) is 0 Å². The number of nitrogens with zero attached hydrogens (tertiary/aromatic N) is 2. The fraction of sp³-hybridized carbons (Fsp3) is 0.600. The summed E-state index contributed by atoms with van der Waals surface area (Å²) in [5.74, 6) is 0.344. The molecule has 49 heavy (non-hydrogen) atoms. The number of unbranched alkanes of at least 4 members (excludes halogenated alkanes) is 1. The molecule has 268 valence electrons. The van der Waals surface area contributed by atoms with Gasteiger partial charge >= 0.3 is 16.6 Å². The van der Waals surface area contributed by atoms with Gasteiger partial charge in [0.1, 0.15) is 6.54 Å². The van der Waals surface area contributed by atoms with E-state index in [4.69, 9.17) is 17.4 Å². The van der Waals surface area contributed by atoms with Crippen LogP contribution >= 0.6 is 0 Å². The molecule has 8 nitrogen and oxygen atoms in total.